The molecule has 0 saturated carbocycles. The van der Waals surface area contributed by atoms with E-state index < -0.39 is 0 Å². The number of para-hydroxylation sites is 2. The van der Waals surface area contributed by atoms with E-state index in [9.17, 15) is 4.79 Å². The minimum absolute atomic E-state index is 0.0789. The quantitative estimate of drug-likeness (QED) is 0.647. The zero-order chi connectivity index (χ0) is 16.8. The Kier molecular flexibility index (Phi) is 5.98. The van der Waals surface area contributed by atoms with Crippen molar-refractivity contribution < 1.29 is 9.53 Å². The number of carbonyl (C=O) groups excluding carboxylic acids is 1. The molecule has 0 saturated heterocycles. The number of hydrogen-bond acceptors (Lipinski definition) is 5. The molecule has 122 valence electrons. The fourth-order valence-electron chi connectivity index (χ4n) is 2.16. The smallest absolute Gasteiger partial charge is 0.238 e. The van der Waals surface area contributed by atoms with E-state index in [1.54, 1.807) is 7.11 Å². The second-order valence-electron chi connectivity index (χ2n) is 5.14. The van der Waals surface area contributed by atoms with Crippen LogP contribution >= 0.6 is 11.8 Å². The molecule has 2 aromatic rings. The second-order valence-corrected chi connectivity index (χ2v) is 6.31. The van der Waals surface area contributed by atoms with Crippen LogP contribution in [0.5, 0.6) is 5.75 Å². The van der Waals surface area contributed by atoms with Crippen molar-refractivity contribution in [2.75, 3.05) is 12.4 Å². The van der Waals surface area contributed by atoms with E-state index in [4.69, 9.17) is 4.74 Å². The van der Waals surface area contributed by atoms with E-state index in [0.29, 0.717) is 23.0 Å². The average molecular weight is 331 g/mol. The topological polar surface area (TPSA) is 64.1 Å². The van der Waals surface area contributed by atoms with Crippen LogP contribution in [0.3, 0.4) is 0 Å². The zero-order valence-electron chi connectivity index (χ0n) is 13.8. The average Bonchev–Trinajstić information content (AvgIpc) is 2.52. The van der Waals surface area contributed by atoms with Gasteiger partial charge in [-0.3, -0.25) is 4.79 Å². The molecule has 0 bridgehead atoms. The summed E-state index contributed by atoms with van der Waals surface area (Å²) in [6.07, 6.45) is 0.683. The van der Waals surface area contributed by atoms with Gasteiger partial charge in [-0.15, -0.1) is 0 Å². The molecule has 1 aromatic carbocycles. The van der Waals surface area contributed by atoms with Gasteiger partial charge in [0.25, 0.3) is 0 Å². The van der Waals surface area contributed by atoms with Gasteiger partial charge in [0.05, 0.1) is 18.0 Å². The number of ether oxygens (including phenoxy) is 1. The molecule has 0 aliphatic rings. The lowest BCUT2D eigenvalue weighted by atomic mass is 10.2. The first kappa shape index (κ1) is 17.3. The van der Waals surface area contributed by atoms with Crippen LogP contribution in [0, 0.1) is 13.8 Å². The molecule has 1 atom stereocenters. The van der Waals surface area contributed by atoms with Crippen LogP contribution < -0.4 is 10.1 Å². The minimum atomic E-state index is -0.263. The predicted molar refractivity (Wildman–Crippen MR) is 93.1 cm³/mol. The summed E-state index contributed by atoms with van der Waals surface area (Å²) < 4.78 is 5.26. The van der Waals surface area contributed by atoms with E-state index in [-0.39, 0.29) is 11.2 Å². The monoisotopic (exact) mass is 331 g/mol. The summed E-state index contributed by atoms with van der Waals surface area (Å²) >= 11 is 1.38. The molecule has 2 rings (SSSR count). The maximum atomic E-state index is 12.5. The molecule has 0 radical (unpaired) electrons. The van der Waals surface area contributed by atoms with Crippen LogP contribution in [0.2, 0.25) is 0 Å². The third kappa shape index (κ3) is 4.69. The van der Waals surface area contributed by atoms with Crippen LogP contribution in [0.25, 0.3) is 0 Å². The van der Waals surface area contributed by atoms with Crippen LogP contribution in [0.15, 0.2) is 35.5 Å². The Labute approximate surface area is 140 Å². The summed E-state index contributed by atoms with van der Waals surface area (Å²) in [6.45, 7) is 5.82. The van der Waals surface area contributed by atoms with Crippen molar-refractivity contribution >= 4 is 23.4 Å². The highest BCUT2D eigenvalue weighted by molar-refractivity contribution is 8.00. The van der Waals surface area contributed by atoms with Crippen LogP contribution in [-0.2, 0) is 4.79 Å². The Morgan fingerprint density at radius 3 is 2.52 bits per heavy atom. The fraction of sp³-hybridized carbons (Fsp3) is 0.353. The van der Waals surface area contributed by atoms with Gasteiger partial charge in [0.2, 0.25) is 5.91 Å². The first-order chi connectivity index (χ1) is 11.0. The number of aryl methyl sites for hydroxylation is 2. The Morgan fingerprint density at radius 2 is 1.91 bits per heavy atom. The summed E-state index contributed by atoms with van der Waals surface area (Å²) in [5.74, 6) is 0.563. The number of anilines is 1. The van der Waals surface area contributed by atoms with Crippen LogP contribution in [-0.4, -0.2) is 28.2 Å². The molecular weight excluding hydrogens is 310 g/mol. The van der Waals surface area contributed by atoms with Gasteiger partial charge in [0.1, 0.15) is 5.75 Å². The highest BCUT2D eigenvalue weighted by atomic mass is 32.2. The van der Waals surface area contributed by atoms with Gasteiger partial charge in [0, 0.05) is 11.4 Å². The third-order valence-electron chi connectivity index (χ3n) is 3.24. The maximum absolute atomic E-state index is 12.5. The lowest BCUT2D eigenvalue weighted by Crippen LogP contribution is -2.25. The fourth-order valence-corrected chi connectivity index (χ4v) is 3.14. The first-order valence-electron chi connectivity index (χ1n) is 7.46. The number of thioether (sulfide) groups is 1. The molecule has 1 N–H and O–H groups in total. The number of aromatic nitrogens is 2. The normalized spacial score (nSPS) is 11.8. The van der Waals surface area contributed by atoms with Crippen LogP contribution in [0.1, 0.15) is 24.7 Å². The Balaban J connectivity index is 2.12. The molecule has 0 aliphatic heterocycles. The molecule has 5 nitrogen and oxygen atoms in total. The number of amides is 1. The molecule has 0 fully saturated rings. The molecule has 6 heteroatoms. The van der Waals surface area contributed by atoms with Crippen molar-refractivity contribution in [2.24, 2.45) is 0 Å². The van der Waals surface area contributed by atoms with Gasteiger partial charge in [-0.25, -0.2) is 9.97 Å². The van der Waals surface area contributed by atoms with Crippen molar-refractivity contribution in [1.82, 2.24) is 9.97 Å². The molecule has 0 unspecified atom stereocenters. The number of benzene rings is 1. The Hall–Kier alpha value is -2.08. The molecule has 0 aliphatic carbocycles. The number of methoxy groups -OCH3 is 1. The van der Waals surface area contributed by atoms with Crippen molar-refractivity contribution in [2.45, 2.75) is 37.6 Å². The molecular formula is C17H21N3O2S. The van der Waals surface area contributed by atoms with E-state index in [2.05, 4.69) is 15.3 Å². The van der Waals surface area contributed by atoms with Crippen molar-refractivity contribution in [1.29, 1.82) is 0 Å². The predicted octanol–water partition coefficient (Wildman–Crippen LogP) is 3.61. The van der Waals surface area contributed by atoms with E-state index in [1.165, 1.54) is 11.8 Å². The van der Waals surface area contributed by atoms with E-state index >= 15 is 0 Å². The summed E-state index contributed by atoms with van der Waals surface area (Å²) in [6, 6.07) is 9.28. The largest absolute Gasteiger partial charge is 0.495 e. The summed E-state index contributed by atoms with van der Waals surface area (Å²) in [5, 5.41) is 3.29. The Bertz CT molecular complexity index is 671. The number of rotatable bonds is 6. The van der Waals surface area contributed by atoms with Gasteiger partial charge < -0.3 is 10.1 Å². The van der Waals surface area contributed by atoms with Gasteiger partial charge in [0.15, 0.2) is 5.16 Å². The minimum Gasteiger partial charge on any atom is -0.495 e. The zero-order valence-corrected chi connectivity index (χ0v) is 14.6. The summed E-state index contributed by atoms with van der Waals surface area (Å²) in [4.78, 5) is 21.3. The second kappa shape index (κ2) is 7.97. The number of nitrogens with one attached hydrogen (secondary N) is 1. The maximum Gasteiger partial charge on any atom is 0.238 e. The third-order valence-corrected chi connectivity index (χ3v) is 4.46. The number of carbonyl (C=O) groups is 1. The van der Waals surface area contributed by atoms with Gasteiger partial charge >= 0.3 is 0 Å². The SMILES string of the molecule is CC[C@@H](Sc1nc(C)cc(C)n1)C(=O)Nc1ccccc1OC. The highest BCUT2D eigenvalue weighted by Gasteiger charge is 2.20. The van der Waals surface area contributed by atoms with Crippen molar-refractivity contribution in [3.05, 3.63) is 41.7 Å². The van der Waals surface area contributed by atoms with Gasteiger partial charge in [-0.2, -0.15) is 0 Å². The Morgan fingerprint density at radius 1 is 1.26 bits per heavy atom. The molecule has 1 heterocycles. The van der Waals surface area contributed by atoms with Gasteiger partial charge in [-0.1, -0.05) is 30.8 Å². The molecule has 23 heavy (non-hydrogen) atoms. The van der Waals surface area contributed by atoms with Gasteiger partial charge in [-0.05, 0) is 38.5 Å². The molecule has 1 aromatic heterocycles. The highest BCUT2D eigenvalue weighted by Crippen LogP contribution is 2.27. The molecule has 1 amide bonds. The van der Waals surface area contributed by atoms with Crippen LogP contribution in [0.4, 0.5) is 5.69 Å². The van der Waals surface area contributed by atoms with Crippen molar-refractivity contribution in [3.8, 4) is 5.75 Å². The van der Waals surface area contributed by atoms with Crippen molar-refractivity contribution in [3.63, 3.8) is 0 Å². The summed E-state index contributed by atoms with van der Waals surface area (Å²) in [5.41, 5.74) is 2.47. The summed E-state index contributed by atoms with van der Waals surface area (Å²) in [7, 11) is 1.58. The van der Waals surface area contributed by atoms with E-state index in [0.717, 1.165) is 11.4 Å². The number of nitrogens with zero attached hydrogens (tertiary/aromatic N) is 2. The first-order valence-corrected chi connectivity index (χ1v) is 8.34. The lowest BCUT2D eigenvalue weighted by Gasteiger charge is -2.15. The standard InChI is InChI=1S/C17H21N3O2S/c1-5-15(23-17-18-11(2)10-12(3)19-17)16(21)20-13-8-6-7-9-14(13)22-4/h6-10,15H,5H2,1-4H3,(H,20,21)/t15-/m1/s1. The number of hydrogen-bond donors (Lipinski definition) is 1. The molecule has 0 spiro atoms. The van der Waals surface area contributed by atoms with E-state index in [1.807, 2.05) is 51.1 Å². The lowest BCUT2D eigenvalue weighted by molar-refractivity contribution is -0.115.